The number of carbonyl (C=O) groups excluding carboxylic acids is 2. The molecule has 0 saturated heterocycles. The molecular formula is C20H21Cl2NO5. The van der Waals surface area contributed by atoms with Crippen LogP contribution in [0.2, 0.25) is 10.0 Å². The molecule has 0 radical (unpaired) electrons. The van der Waals surface area contributed by atoms with Crippen LogP contribution in [0, 0.1) is 0 Å². The van der Waals surface area contributed by atoms with Gasteiger partial charge in [-0.05, 0) is 49.7 Å². The van der Waals surface area contributed by atoms with Gasteiger partial charge in [0.25, 0.3) is 5.91 Å². The van der Waals surface area contributed by atoms with Crippen LogP contribution in [0.4, 0.5) is 0 Å². The minimum absolute atomic E-state index is 0.0375. The van der Waals surface area contributed by atoms with E-state index in [1.807, 2.05) is 13.8 Å². The minimum Gasteiger partial charge on any atom is -0.493 e. The fourth-order valence-corrected chi connectivity index (χ4v) is 2.75. The summed E-state index contributed by atoms with van der Waals surface area (Å²) in [5.41, 5.74) is 0.956. The third kappa shape index (κ3) is 6.32. The zero-order valence-corrected chi connectivity index (χ0v) is 17.3. The maximum atomic E-state index is 12.2. The van der Waals surface area contributed by atoms with Crippen LogP contribution >= 0.6 is 23.2 Å². The molecule has 0 spiro atoms. The second kappa shape index (κ2) is 10.2. The fraction of sp³-hybridized carbons (Fsp3) is 0.300. The van der Waals surface area contributed by atoms with Crippen LogP contribution in [-0.2, 0) is 16.1 Å². The Kier molecular flexibility index (Phi) is 7.96. The summed E-state index contributed by atoms with van der Waals surface area (Å²) in [6.07, 6.45) is -0.0375. The first-order valence-electron chi connectivity index (χ1n) is 8.52. The van der Waals surface area contributed by atoms with Crippen molar-refractivity contribution in [3.05, 3.63) is 57.6 Å². The highest BCUT2D eigenvalue weighted by molar-refractivity contribution is 6.35. The Hall–Kier alpha value is -2.44. The Morgan fingerprint density at radius 2 is 1.82 bits per heavy atom. The molecule has 1 amide bonds. The van der Waals surface area contributed by atoms with Crippen molar-refractivity contribution in [1.82, 2.24) is 5.32 Å². The molecule has 0 aliphatic carbocycles. The van der Waals surface area contributed by atoms with E-state index in [1.165, 1.54) is 13.2 Å². The first-order valence-corrected chi connectivity index (χ1v) is 9.28. The zero-order valence-electron chi connectivity index (χ0n) is 15.8. The topological polar surface area (TPSA) is 73.9 Å². The number of hydrogen-bond acceptors (Lipinski definition) is 5. The van der Waals surface area contributed by atoms with Crippen LogP contribution in [0.5, 0.6) is 11.5 Å². The van der Waals surface area contributed by atoms with E-state index in [-0.39, 0.29) is 18.2 Å². The van der Waals surface area contributed by atoms with Gasteiger partial charge < -0.3 is 19.5 Å². The molecule has 0 aromatic heterocycles. The number of rotatable bonds is 8. The lowest BCUT2D eigenvalue weighted by Crippen LogP contribution is -2.28. The maximum absolute atomic E-state index is 12.2. The summed E-state index contributed by atoms with van der Waals surface area (Å²) in [6.45, 7) is 3.55. The van der Waals surface area contributed by atoms with E-state index >= 15 is 0 Å². The average Bonchev–Trinajstić information content (AvgIpc) is 2.65. The van der Waals surface area contributed by atoms with Crippen molar-refractivity contribution in [2.45, 2.75) is 26.5 Å². The summed E-state index contributed by atoms with van der Waals surface area (Å²) in [5, 5.41) is 3.58. The largest absolute Gasteiger partial charge is 0.493 e. The lowest BCUT2D eigenvalue weighted by atomic mass is 10.2. The van der Waals surface area contributed by atoms with Crippen molar-refractivity contribution >= 4 is 35.1 Å². The number of hydrogen-bond donors (Lipinski definition) is 1. The first-order chi connectivity index (χ1) is 13.3. The molecule has 28 heavy (non-hydrogen) atoms. The molecule has 0 heterocycles. The van der Waals surface area contributed by atoms with Gasteiger partial charge in [0.1, 0.15) is 0 Å². The molecule has 2 rings (SSSR count). The molecule has 0 unspecified atom stereocenters. The van der Waals surface area contributed by atoms with E-state index in [4.69, 9.17) is 37.4 Å². The number of carbonyl (C=O) groups is 2. The number of nitrogens with one attached hydrogen (secondary N) is 1. The molecule has 0 fully saturated rings. The number of esters is 1. The van der Waals surface area contributed by atoms with E-state index in [9.17, 15) is 9.59 Å². The third-order valence-electron chi connectivity index (χ3n) is 3.59. The highest BCUT2D eigenvalue weighted by Gasteiger charge is 2.15. The fourth-order valence-electron chi connectivity index (χ4n) is 2.27. The molecule has 0 atom stereocenters. The number of ether oxygens (including phenoxy) is 3. The molecule has 2 aromatic rings. The van der Waals surface area contributed by atoms with E-state index in [1.54, 1.807) is 30.3 Å². The molecule has 0 bridgehead atoms. The Bertz CT molecular complexity index is 854. The van der Waals surface area contributed by atoms with Crippen molar-refractivity contribution in [1.29, 1.82) is 0 Å². The smallest absolute Gasteiger partial charge is 0.338 e. The van der Waals surface area contributed by atoms with Gasteiger partial charge >= 0.3 is 5.97 Å². The van der Waals surface area contributed by atoms with Gasteiger partial charge in [0, 0.05) is 16.6 Å². The summed E-state index contributed by atoms with van der Waals surface area (Å²) >= 11 is 11.9. The standard InChI is InChI=1S/C20H21Cl2NO5/c1-12(2)28-17-7-5-13(8-18(17)26-3)20(25)27-11-19(24)23-10-14-4-6-15(21)9-16(14)22/h4-9,12H,10-11H2,1-3H3,(H,23,24). The monoisotopic (exact) mass is 425 g/mol. The van der Waals surface area contributed by atoms with Gasteiger partial charge in [-0.15, -0.1) is 0 Å². The summed E-state index contributed by atoms with van der Waals surface area (Å²) in [7, 11) is 1.48. The molecular weight excluding hydrogens is 405 g/mol. The molecule has 0 aliphatic rings. The lowest BCUT2D eigenvalue weighted by Gasteiger charge is -2.14. The Labute approximate surface area is 173 Å². The van der Waals surface area contributed by atoms with E-state index in [2.05, 4.69) is 5.32 Å². The van der Waals surface area contributed by atoms with E-state index in [0.29, 0.717) is 27.1 Å². The zero-order chi connectivity index (χ0) is 20.7. The summed E-state index contributed by atoms with van der Waals surface area (Å²) < 4.78 is 15.9. The second-order valence-corrected chi connectivity index (χ2v) is 6.96. The minimum atomic E-state index is -0.644. The molecule has 150 valence electrons. The number of halogens is 2. The molecule has 1 N–H and O–H groups in total. The van der Waals surface area contributed by atoms with Gasteiger partial charge in [0.2, 0.25) is 0 Å². The lowest BCUT2D eigenvalue weighted by molar-refractivity contribution is -0.124. The number of amides is 1. The molecule has 2 aromatic carbocycles. The molecule has 6 nitrogen and oxygen atoms in total. The van der Waals surface area contributed by atoms with Gasteiger partial charge in [-0.2, -0.15) is 0 Å². The van der Waals surface area contributed by atoms with Crippen molar-refractivity contribution in [2.75, 3.05) is 13.7 Å². The van der Waals surface area contributed by atoms with Crippen LogP contribution in [-0.4, -0.2) is 31.7 Å². The van der Waals surface area contributed by atoms with Crippen molar-refractivity contribution in [2.24, 2.45) is 0 Å². The van der Waals surface area contributed by atoms with Crippen LogP contribution < -0.4 is 14.8 Å². The summed E-state index contributed by atoms with van der Waals surface area (Å²) in [6, 6.07) is 9.65. The molecule has 0 aliphatic heterocycles. The predicted octanol–water partition coefficient (Wildman–Crippen LogP) is 4.26. The number of benzene rings is 2. The SMILES string of the molecule is COc1cc(C(=O)OCC(=O)NCc2ccc(Cl)cc2Cl)ccc1OC(C)C. The normalized spacial score (nSPS) is 10.5. The van der Waals surface area contributed by atoms with Gasteiger partial charge in [0.15, 0.2) is 18.1 Å². The van der Waals surface area contributed by atoms with Crippen molar-refractivity contribution < 1.29 is 23.8 Å². The predicted molar refractivity (Wildman–Crippen MR) is 107 cm³/mol. The number of methoxy groups -OCH3 is 1. The molecule has 8 heteroatoms. The van der Waals surface area contributed by atoms with Crippen LogP contribution in [0.1, 0.15) is 29.8 Å². The summed E-state index contributed by atoms with van der Waals surface area (Å²) in [4.78, 5) is 24.1. The van der Waals surface area contributed by atoms with Crippen LogP contribution in [0.3, 0.4) is 0 Å². The van der Waals surface area contributed by atoms with Gasteiger partial charge in [-0.1, -0.05) is 29.3 Å². The Morgan fingerprint density at radius 3 is 2.46 bits per heavy atom. The Balaban J connectivity index is 1.89. The van der Waals surface area contributed by atoms with E-state index < -0.39 is 18.5 Å². The quantitative estimate of drug-likeness (QED) is 0.639. The van der Waals surface area contributed by atoms with Crippen LogP contribution in [0.25, 0.3) is 0 Å². The maximum Gasteiger partial charge on any atom is 0.338 e. The van der Waals surface area contributed by atoms with Gasteiger partial charge in [0.05, 0.1) is 18.8 Å². The molecule has 0 saturated carbocycles. The second-order valence-electron chi connectivity index (χ2n) is 6.12. The summed E-state index contributed by atoms with van der Waals surface area (Å²) in [5.74, 6) is -0.170. The van der Waals surface area contributed by atoms with E-state index in [0.717, 1.165) is 0 Å². The average molecular weight is 426 g/mol. The third-order valence-corrected chi connectivity index (χ3v) is 4.17. The van der Waals surface area contributed by atoms with Gasteiger partial charge in [-0.25, -0.2) is 4.79 Å². The van der Waals surface area contributed by atoms with Gasteiger partial charge in [-0.3, -0.25) is 4.79 Å². The highest BCUT2D eigenvalue weighted by Crippen LogP contribution is 2.29. The Morgan fingerprint density at radius 1 is 1.07 bits per heavy atom. The highest BCUT2D eigenvalue weighted by atomic mass is 35.5. The first kappa shape index (κ1) is 21.9. The van der Waals surface area contributed by atoms with Crippen molar-refractivity contribution in [3.8, 4) is 11.5 Å². The van der Waals surface area contributed by atoms with Crippen LogP contribution in [0.15, 0.2) is 36.4 Å². The van der Waals surface area contributed by atoms with Crippen molar-refractivity contribution in [3.63, 3.8) is 0 Å².